The number of nitrogens with two attached hydrogens (primary N) is 1. The molecule has 19 heavy (non-hydrogen) atoms. The van der Waals surface area contributed by atoms with Crippen LogP contribution in [0.5, 0.6) is 0 Å². The lowest BCUT2D eigenvalue weighted by atomic mass is 9.99. The summed E-state index contributed by atoms with van der Waals surface area (Å²) in [7, 11) is 0. The first-order valence-electron chi connectivity index (χ1n) is 5.25. The highest BCUT2D eigenvalue weighted by Gasteiger charge is 2.18. The van der Waals surface area contributed by atoms with E-state index in [1.54, 1.807) is 12.1 Å². The molecule has 0 bridgehead atoms. The molecule has 100 valence electrons. The summed E-state index contributed by atoms with van der Waals surface area (Å²) in [6, 6.07) is 5.12. The fraction of sp³-hybridized carbons (Fsp3) is 0.0769. The van der Waals surface area contributed by atoms with Gasteiger partial charge in [-0.25, -0.2) is 13.2 Å². The van der Waals surface area contributed by atoms with Crippen LogP contribution in [0.15, 0.2) is 34.8 Å². The molecule has 6 heteroatoms. The van der Waals surface area contributed by atoms with Crippen molar-refractivity contribution in [2.24, 2.45) is 5.73 Å². The van der Waals surface area contributed by atoms with Gasteiger partial charge in [0.15, 0.2) is 11.6 Å². The highest BCUT2D eigenvalue weighted by molar-refractivity contribution is 9.10. The monoisotopic (exact) mass is 349 g/mol. The van der Waals surface area contributed by atoms with Gasteiger partial charge in [-0.15, -0.1) is 0 Å². The summed E-state index contributed by atoms with van der Waals surface area (Å²) in [5.41, 5.74) is 6.22. The summed E-state index contributed by atoms with van der Waals surface area (Å²) in [5.74, 6) is -3.29. The first-order valence-corrected chi connectivity index (χ1v) is 6.42. The largest absolute Gasteiger partial charge is 0.320 e. The molecule has 0 heterocycles. The zero-order valence-corrected chi connectivity index (χ0v) is 11.8. The summed E-state index contributed by atoms with van der Waals surface area (Å²) >= 11 is 9.13. The Morgan fingerprint density at radius 2 is 1.63 bits per heavy atom. The second kappa shape index (κ2) is 5.53. The van der Waals surface area contributed by atoms with Gasteiger partial charge in [0.2, 0.25) is 0 Å². The lowest BCUT2D eigenvalue weighted by Crippen LogP contribution is -2.14. The number of benzene rings is 2. The Bertz CT molecular complexity index is 634. The first kappa shape index (κ1) is 14.4. The van der Waals surface area contributed by atoms with Crippen LogP contribution in [-0.4, -0.2) is 0 Å². The maximum absolute atomic E-state index is 13.6. The average molecular weight is 351 g/mol. The molecule has 2 N–H and O–H groups in total. The minimum atomic E-state index is -1.25. The molecule has 0 radical (unpaired) electrons. The Morgan fingerprint density at radius 3 is 2.26 bits per heavy atom. The van der Waals surface area contributed by atoms with E-state index < -0.39 is 23.5 Å². The highest BCUT2D eigenvalue weighted by Crippen LogP contribution is 2.29. The molecule has 0 saturated heterocycles. The zero-order valence-electron chi connectivity index (χ0n) is 9.43. The molecule has 1 unspecified atom stereocenters. The number of hydrogen-bond donors (Lipinski definition) is 1. The van der Waals surface area contributed by atoms with E-state index in [0.717, 1.165) is 6.07 Å². The van der Waals surface area contributed by atoms with Gasteiger partial charge in [0.25, 0.3) is 0 Å². The van der Waals surface area contributed by atoms with Gasteiger partial charge in [-0.1, -0.05) is 17.7 Å². The van der Waals surface area contributed by atoms with Crippen LogP contribution in [0.3, 0.4) is 0 Å². The molecule has 0 amide bonds. The van der Waals surface area contributed by atoms with E-state index in [9.17, 15) is 13.2 Å². The van der Waals surface area contributed by atoms with E-state index in [2.05, 4.69) is 15.9 Å². The van der Waals surface area contributed by atoms with Crippen LogP contribution in [0.4, 0.5) is 13.2 Å². The Balaban J connectivity index is 2.46. The second-order valence-electron chi connectivity index (χ2n) is 3.94. The number of halogens is 5. The molecule has 0 fully saturated rings. The summed E-state index contributed by atoms with van der Waals surface area (Å²) < 4.78 is 40.3. The van der Waals surface area contributed by atoms with Gasteiger partial charge in [-0.2, -0.15) is 0 Å². The zero-order chi connectivity index (χ0) is 14.2. The van der Waals surface area contributed by atoms with Gasteiger partial charge in [-0.05, 0) is 39.7 Å². The molecule has 0 saturated carbocycles. The van der Waals surface area contributed by atoms with Gasteiger partial charge in [0.1, 0.15) is 5.82 Å². The molecule has 0 spiro atoms. The van der Waals surface area contributed by atoms with Gasteiger partial charge < -0.3 is 5.73 Å². The van der Waals surface area contributed by atoms with Crippen molar-refractivity contribution < 1.29 is 13.2 Å². The minimum absolute atomic E-state index is 0.128. The van der Waals surface area contributed by atoms with Crippen LogP contribution in [-0.2, 0) is 0 Å². The fourth-order valence-electron chi connectivity index (χ4n) is 1.66. The van der Waals surface area contributed by atoms with Crippen LogP contribution in [0.2, 0.25) is 5.02 Å². The molecule has 0 aromatic heterocycles. The lowest BCUT2D eigenvalue weighted by Gasteiger charge is -2.14. The molecule has 0 aliphatic rings. The molecule has 0 aliphatic carbocycles. The smallest absolute Gasteiger partial charge is 0.161 e. The van der Waals surface area contributed by atoms with Gasteiger partial charge >= 0.3 is 0 Å². The van der Waals surface area contributed by atoms with E-state index >= 15 is 0 Å². The van der Waals surface area contributed by atoms with Crippen molar-refractivity contribution in [3.05, 3.63) is 68.4 Å². The second-order valence-corrected chi connectivity index (χ2v) is 5.20. The van der Waals surface area contributed by atoms with Crippen molar-refractivity contribution >= 4 is 27.5 Å². The molecule has 2 aromatic rings. The van der Waals surface area contributed by atoms with Crippen molar-refractivity contribution in [2.45, 2.75) is 6.04 Å². The number of rotatable bonds is 2. The van der Waals surface area contributed by atoms with Crippen LogP contribution in [0.25, 0.3) is 0 Å². The molecule has 1 nitrogen and oxygen atoms in total. The quantitative estimate of drug-likeness (QED) is 0.789. The average Bonchev–Trinajstić information content (AvgIpc) is 2.36. The van der Waals surface area contributed by atoms with Crippen molar-refractivity contribution in [1.29, 1.82) is 0 Å². The van der Waals surface area contributed by atoms with Gasteiger partial charge in [0.05, 0.1) is 11.1 Å². The van der Waals surface area contributed by atoms with Crippen molar-refractivity contribution in [2.75, 3.05) is 0 Å². The molecular weight excluding hydrogens is 343 g/mol. The molecule has 2 rings (SSSR count). The topological polar surface area (TPSA) is 26.0 Å². The van der Waals surface area contributed by atoms with E-state index in [1.165, 1.54) is 6.07 Å². The molecule has 0 aliphatic heterocycles. The van der Waals surface area contributed by atoms with E-state index in [-0.39, 0.29) is 5.56 Å². The maximum Gasteiger partial charge on any atom is 0.161 e. The Labute approximate surface area is 121 Å². The minimum Gasteiger partial charge on any atom is -0.320 e. The van der Waals surface area contributed by atoms with Crippen LogP contribution in [0, 0.1) is 17.5 Å². The number of hydrogen-bond acceptors (Lipinski definition) is 1. The summed E-state index contributed by atoms with van der Waals surface area (Å²) in [4.78, 5) is 0. The van der Waals surface area contributed by atoms with Crippen LogP contribution < -0.4 is 5.73 Å². The molecule has 2 aromatic carbocycles. The molecular formula is C13H8BrClF3N. The Hall–Kier alpha value is -1.04. The lowest BCUT2D eigenvalue weighted by molar-refractivity contribution is 0.487. The van der Waals surface area contributed by atoms with Crippen molar-refractivity contribution in [1.82, 2.24) is 0 Å². The summed E-state index contributed by atoms with van der Waals surface area (Å²) in [6.07, 6.45) is 0. The molecule has 1 atom stereocenters. The van der Waals surface area contributed by atoms with Crippen molar-refractivity contribution in [3.63, 3.8) is 0 Å². The van der Waals surface area contributed by atoms with Crippen LogP contribution >= 0.6 is 27.5 Å². The Morgan fingerprint density at radius 1 is 1.00 bits per heavy atom. The summed E-state index contributed by atoms with van der Waals surface area (Å²) in [5, 5.41) is 0.399. The third kappa shape index (κ3) is 2.94. The van der Waals surface area contributed by atoms with E-state index in [0.29, 0.717) is 21.1 Å². The SMILES string of the molecule is NC(c1ccc(Br)c(Cl)c1)c1cc(F)c(F)cc1F. The van der Waals surface area contributed by atoms with Crippen LogP contribution in [0.1, 0.15) is 17.2 Å². The highest BCUT2D eigenvalue weighted by atomic mass is 79.9. The predicted octanol–water partition coefficient (Wildman–Crippen LogP) is 4.57. The summed E-state index contributed by atoms with van der Waals surface area (Å²) in [6.45, 7) is 0. The third-order valence-corrected chi connectivity index (χ3v) is 3.91. The fourth-order valence-corrected chi connectivity index (χ4v) is 2.10. The predicted molar refractivity (Wildman–Crippen MR) is 71.5 cm³/mol. The first-order chi connectivity index (χ1) is 8.90. The Kier molecular flexibility index (Phi) is 4.18. The standard InChI is InChI=1S/C13H8BrClF3N/c14-8-2-1-6(3-9(8)15)13(19)7-4-11(17)12(18)5-10(7)16/h1-5,13H,19H2. The third-order valence-electron chi connectivity index (χ3n) is 2.68. The van der Waals surface area contributed by atoms with E-state index in [1.807, 2.05) is 0 Å². The van der Waals surface area contributed by atoms with E-state index in [4.69, 9.17) is 17.3 Å². The van der Waals surface area contributed by atoms with Gasteiger partial charge in [-0.3, -0.25) is 0 Å². The van der Waals surface area contributed by atoms with Crippen molar-refractivity contribution in [3.8, 4) is 0 Å². The normalized spacial score (nSPS) is 12.5. The van der Waals surface area contributed by atoms with Gasteiger partial charge in [0, 0.05) is 16.1 Å². The maximum atomic E-state index is 13.6.